The van der Waals surface area contributed by atoms with Crippen molar-refractivity contribution in [1.82, 2.24) is 0 Å². The molecular formula is C12H16O3. The van der Waals surface area contributed by atoms with Gasteiger partial charge in [-0.3, -0.25) is 4.79 Å². The molecule has 0 unspecified atom stereocenters. The molecule has 15 heavy (non-hydrogen) atoms. The fraction of sp³-hybridized carbons (Fsp3) is 0.417. The van der Waals surface area contributed by atoms with Crippen molar-refractivity contribution in [3.05, 3.63) is 22.8 Å². The van der Waals surface area contributed by atoms with Gasteiger partial charge >= 0.3 is 0 Å². The van der Waals surface area contributed by atoms with Crippen molar-refractivity contribution in [2.75, 3.05) is 14.2 Å². The van der Waals surface area contributed by atoms with Crippen molar-refractivity contribution in [3.63, 3.8) is 0 Å². The molecule has 1 aromatic carbocycles. The molecule has 0 N–H and O–H groups in total. The summed E-state index contributed by atoms with van der Waals surface area (Å²) in [5.74, 6) is 1.34. The summed E-state index contributed by atoms with van der Waals surface area (Å²) in [5, 5.41) is 0. The van der Waals surface area contributed by atoms with Crippen molar-refractivity contribution in [2.24, 2.45) is 0 Å². The lowest BCUT2D eigenvalue weighted by atomic mass is 9.98. The van der Waals surface area contributed by atoms with E-state index in [0.29, 0.717) is 17.1 Å². The smallest absolute Gasteiger partial charge is 0.164 e. The highest BCUT2D eigenvalue weighted by Crippen LogP contribution is 2.35. The first-order chi connectivity index (χ1) is 7.02. The Morgan fingerprint density at radius 3 is 2.20 bits per heavy atom. The number of hydrogen-bond donors (Lipinski definition) is 0. The molecular weight excluding hydrogens is 192 g/mol. The maximum atomic E-state index is 11.5. The molecule has 0 bridgehead atoms. The van der Waals surface area contributed by atoms with Crippen LogP contribution in [0.3, 0.4) is 0 Å². The Kier molecular flexibility index (Phi) is 3.35. The SMILES string of the molecule is COc1cc(C)c(C(C)=O)c(C)c1OC. The molecule has 0 fully saturated rings. The molecule has 0 atom stereocenters. The maximum Gasteiger partial charge on any atom is 0.164 e. The van der Waals surface area contributed by atoms with E-state index >= 15 is 0 Å². The Morgan fingerprint density at radius 1 is 1.20 bits per heavy atom. The van der Waals surface area contributed by atoms with Crippen LogP contribution in [0.1, 0.15) is 28.4 Å². The summed E-state index contributed by atoms with van der Waals surface area (Å²) in [5.41, 5.74) is 2.46. The minimum Gasteiger partial charge on any atom is -0.493 e. The molecule has 0 radical (unpaired) electrons. The normalized spacial score (nSPS) is 9.93. The highest BCUT2D eigenvalue weighted by atomic mass is 16.5. The molecule has 0 aliphatic carbocycles. The number of carbonyl (C=O) groups excluding carboxylic acids is 1. The van der Waals surface area contributed by atoms with Gasteiger partial charge in [-0.25, -0.2) is 0 Å². The Balaban J connectivity index is 3.51. The minimum absolute atomic E-state index is 0.0472. The number of ether oxygens (including phenoxy) is 2. The van der Waals surface area contributed by atoms with Crippen LogP contribution in [0.2, 0.25) is 0 Å². The molecule has 3 nitrogen and oxygen atoms in total. The van der Waals surface area contributed by atoms with Crippen molar-refractivity contribution in [1.29, 1.82) is 0 Å². The predicted octanol–water partition coefficient (Wildman–Crippen LogP) is 2.52. The van der Waals surface area contributed by atoms with Crippen LogP contribution in [0, 0.1) is 13.8 Å². The van der Waals surface area contributed by atoms with Gasteiger partial charge in [0, 0.05) is 11.1 Å². The quantitative estimate of drug-likeness (QED) is 0.716. The molecule has 0 amide bonds. The van der Waals surface area contributed by atoms with Gasteiger partial charge in [0.1, 0.15) is 0 Å². The summed E-state index contributed by atoms with van der Waals surface area (Å²) in [6, 6.07) is 1.82. The van der Waals surface area contributed by atoms with Gasteiger partial charge in [0.25, 0.3) is 0 Å². The molecule has 0 aliphatic heterocycles. The van der Waals surface area contributed by atoms with Gasteiger partial charge in [-0.1, -0.05) is 0 Å². The summed E-state index contributed by atoms with van der Waals surface area (Å²) in [6.45, 7) is 5.32. The van der Waals surface area contributed by atoms with Gasteiger partial charge in [0.05, 0.1) is 14.2 Å². The van der Waals surface area contributed by atoms with Crippen LogP contribution in [-0.4, -0.2) is 20.0 Å². The van der Waals surface area contributed by atoms with E-state index in [1.807, 2.05) is 19.9 Å². The first kappa shape index (κ1) is 11.6. The number of ketones is 1. The minimum atomic E-state index is 0.0472. The van der Waals surface area contributed by atoms with Gasteiger partial charge < -0.3 is 9.47 Å². The summed E-state index contributed by atoms with van der Waals surface area (Å²) < 4.78 is 10.4. The van der Waals surface area contributed by atoms with Gasteiger partial charge in [0.15, 0.2) is 17.3 Å². The first-order valence-corrected chi connectivity index (χ1v) is 4.76. The summed E-state index contributed by atoms with van der Waals surface area (Å²) in [7, 11) is 3.16. The molecule has 0 spiro atoms. The molecule has 0 aliphatic rings. The molecule has 1 aromatic rings. The van der Waals surface area contributed by atoms with Crippen LogP contribution < -0.4 is 9.47 Å². The molecule has 0 aromatic heterocycles. The molecule has 1 rings (SSSR count). The Labute approximate surface area is 90.0 Å². The Morgan fingerprint density at radius 2 is 1.80 bits per heavy atom. The van der Waals surface area contributed by atoms with E-state index in [2.05, 4.69) is 0 Å². The van der Waals surface area contributed by atoms with Crippen LogP contribution in [0.25, 0.3) is 0 Å². The third-order valence-corrected chi connectivity index (χ3v) is 2.46. The van der Waals surface area contributed by atoms with Gasteiger partial charge in [-0.15, -0.1) is 0 Å². The second kappa shape index (κ2) is 4.34. The summed E-state index contributed by atoms with van der Waals surface area (Å²) >= 11 is 0. The van der Waals surface area contributed by atoms with E-state index < -0.39 is 0 Å². The molecule has 0 saturated heterocycles. The monoisotopic (exact) mass is 208 g/mol. The second-order valence-electron chi connectivity index (χ2n) is 3.49. The van der Waals surface area contributed by atoms with E-state index in [1.165, 1.54) is 0 Å². The lowest BCUT2D eigenvalue weighted by molar-refractivity contribution is 0.101. The number of rotatable bonds is 3. The van der Waals surface area contributed by atoms with E-state index in [9.17, 15) is 4.79 Å². The van der Waals surface area contributed by atoms with E-state index in [4.69, 9.17) is 9.47 Å². The lowest BCUT2D eigenvalue weighted by Gasteiger charge is -2.15. The average molecular weight is 208 g/mol. The van der Waals surface area contributed by atoms with E-state index in [-0.39, 0.29) is 5.78 Å². The third-order valence-electron chi connectivity index (χ3n) is 2.46. The van der Waals surface area contributed by atoms with Gasteiger partial charge in [-0.2, -0.15) is 0 Å². The number of carbonyl (C=O) groups is 1. The van der Waals surface area contributed by atoms with Gasteiger partial charge in [0.2, 0.25) is 0 Å². The average Bonchev–Trinajstić information content (AvgIpc) is 2.16. The van der Waals surface area contributed by atoms with Crippen LogP contribution in [0.5, 0.6) is 11.5 Å². The van der Waals surface area contributed by atoms with Crippen LogP contribution in [0.4, 0.5) is 0 Å². The van der Waals surface area contributed by atoms with Crippen LogP contribution in [-0.2, 0) is 0 Å². The zero-order valence-corrected chi connectivity index (χ0v) is 9.80. The van der Waals surface area contributed by atoms with E-state index in [1.54, 1.807) is 21.1 Å². The Bertz CT molecular complexity index is 394. The first-order valence-electron chi connectivity index (χ1n) is 4.76. The topological polar surface area (TPSA) is 35.5 Å². The molecule has 0 heterocycles. The number of benzene rings is 1. The van der Waals surface area contributed by atoms with Gasteiger partial charge in [-0.05, 0) is 32.4 Å². The lowest BCUT2D eigenvalue weighted by Crippen LogP contribution is -2.04. The van der Waals surface area contributed by atoms with Crippen molar-refractivity contribution in [3.8, 4) is 11.5 Å². The standard InChI is InChI=1S/C12H16O3/c1-7-6-10(14-4)12(15-5)8(2)11(7)9(3)13/h6H,1-5H3. The van der Waals surface area contributed by atoms with E-state index in [0.717, 1.165) is 11.1 Å². The van der Waals surface area contributed by atoms with Crippen molar-refractivity contribution in [2.45, 2.75) is 20.8 Å². The number of aryl methyl sites for hydroxylation is 1. The highest BCUT2D eigenvalue weighted by molar-refractivity contribution is 5.98. The molecule has 3 heteroatoms. The van der Waals surface area contributed by atoms with Crippen LogP contribution >= 0.6 is 0 Å². The zero-order valence-electron chi connectivity index (χ0n) is 9.80. The van der Waals surface area contributed by atoms with Crippen LogP contribution in [0.15, 0.2) is 6.07 Å². The molecule has 82 valence electrons. The predicted molar refractivity (Wildman–Crippen MR) is 59.0 cm³/mol. The number of methoxy groups -OCH3 is 2. The maximum absolute atomic E-state index is 11.5. The highest BCUT2D eigenvalue weighted by Gasteiger charge is 2.16. The largest absolute Gasteiger partial charge is 0.493 e. The second-order valence-corrected chi connectivity index (χ2v) is 3.49. The number of hydrogen-bond acceptors (Lipinski definition) is 3. The molecule has 0 saturated carbocycles. The number of Topliss-reactive ketones (excluding diaryl/α,β-unsaturated/α-hetero) is 1. The fourth-order valence-electron chi connectivity index (χ4n) is 1.88. The summed E-state index contributed by atoms with van der Waals surface area (Å²) in [4.78, 5) is 11.5. The van der Waals surface area contributed by atoms with Crippen molar-refractivity contribution < 1.29 is 14.3 Å². The summed E-state index contributed by atoms with van der Waals surface area (Å²) in [6.07, 6.45) is 0. The van der Waals surface area contributed by atoms with Crippen molar-refractivity contribution >= 4 is 5.78 Å². The Hall–Kier alpha value is -1.51. The zero-order chi connectivity index (χ0) is 11.6. The third kappa shape index (κ3) is 1.96. The fourth-order valence-corrected chi connectivity index (χ4v) is 1.88.